The number of hydrogen-bond acceptors (Lipinski definition) is 4. The molecule has 2 atom stereocenters. The number of nitrogens with two attached hydrogens (primary N) is 4. The van der Waals surface area contributed by atoms with E-state index in [4.69, 9.17) is 22.9 Å². The Bertz CT molecular complexity index is 542. The van der Waals surface area contributed by atoms with E-state index < -0.39 is 23.9 Å². The Hall–Kier alpha value is -2.61. The monoisotopic (exact) mass is 320 g/mol. The summed E-state index contributed by atoms with van der Waals surface area (Å²) in [5.74, 6) is -1.02. The van der Waals surface area contributed by atoms with Gasteiger partial charge in [0.25, 0.3) is 0 Å². The molecule has 2 amide bonds. The number of amides is 2. The Labute approximate surface area is 135 Å². The average Bonchev–Trinajstić information content (AvgIpc) is 2.51. The second-order valence-electron chi connectivity index (χ2n) is 5.21. The minimum atomic E-state index is -0.798. The molecule has 0 aliphatic carbocycles. The van der Waals surface area contributed by atoms with Gasteiger partial charge in [-0.15, -0.1) is 0 Å². The Morgan fingerprint density at radius 3 is 2.35 bits per heavy atom. The van der Waals surface area contributed by atoms with Crippen LogP contribution in [0.25, 0.3) is 0 Å². The number of carbonyl (C=O) groups is 2. The zero-order chi connectivity index (χ0) is 17.2. The Morgan fingerprint density at radius 2 is 1.78 bits per heavy atom. The van der Waals surface area contributed by atoms with Crippen molar-refractivity contribution in [2.75, 3.05) is 6.54 Å². The molecular weight excluding hydrogens is 296 g/mol. The van der Waals surface area contributed by atoms with Crippen LogP contribution in [0.5, 0.6) is 0 Å². The molecule has 126 valence electrons. The summed E-state index contributed by atoms with van der Waals surface area (Å²) in [5, 5.41) is 2.59. The summed E-state index contributed by atoms with van der Waals surface area (Å²) >= 11 is 0. The van der Waals surface area contributed by atoms with Gasteiger partial charge in [-0.3, -0.25) is 14.6 Å². The molecule has 8 nitrogen and oxygen atoms in total. The highest BCUT2D eigenvalue weighted by molar-refractivity contribution is 5.89. The molecule has 1 aromatic carbocycles. The molecule has 8 heteroatoms. The van der Waals surface area contributed by atoms with Crippen LogP contribution in [0.4, 0.5) is 0 Å². The minimum absolute atomic E-state index is 0.000300. The minimum Gasteiger partial charge on any atom is -0.370 e. The van der Waals surface area contributed by atoms with Crippen LogP contribution in [0.2, 0.25) is 0 Å². The zero-order valence-electron chi connectivity index (χ0n) is 12.9. The van der Waals surface area contributed by atoms with E-state index in [2.05, 4.69) is 10.3 Å². The van der Waals surface area contributed by atoms with Gasteiger partial charge in [-0.2, -0.15) is 0 Å². The van der Waals surface area contributed by atoms with Crippen molar-refractivity contribution < 1.29 is 9.59 Å². The lowest BCUT2D eigenvalue weighted by molar-refractivity contribution is -0.128. The van der Waals surface area contributed by atoms with Crippen molar-refractivity contribution >= 4 is 17.8 Å². The third kappa shape index (κ3) is 7.28. The fourth-order valence-corrected chi connectivity index (χ4v) is 2.00. The molecular formula is C15H24N6O2. The van der Waals surface area contributed by atoms with Crippen LogP contribution in [0, 0.1) is 0 Å². The smallest absolute Gasteiger partial charge is 0.240 e. The SMILES string of the molecule is NC(=O)[C@H](Cc1ccccc1)NC(=O)[C@H](N)CCCN=C(N)N. The number of aliphatic imine (C=N–C) groups is 1. The highest BCUT2D eigenvalue weighted by Gasteiger charge is 2.21. The van der Waals surface area contributed by atoms with Gasteiger partial charge in [-0.1, -0.05) is 30.3 Å². The second-order valence-corrected chi connectivity index (χ2v) is 5.21. The van der Waals surface area contributed by atoms with E-state index in [0.717, 1.165) is 5.56 Å². The first-order valence-corrected chi connectivity index (χ1v) is 7.34. The van der Waals surface area contributed by atoms with E-state index in [1.54, 1.807) is 0 Å². The molecule has 0 unspecified atom stereocenters. The predicted octanol–water partition coefficient (Wildman–Crippen LogP) is -1.42. The van der Waals surface area contributed by atoms with Crippen LogP contribution in [-0.4, -0.2) is 36.4 Å². The Balaban J connectivity index is 2.50. The largest absolute Gasteiger partial charge is 0.370 e. The first-order chi connectivity index (χ1) is 10.9. The van der Waals surface area contributed by atoms with Gasteiger partial charge < -0.3 is 28.3 Å². The maximum Gasteiger partial charge on any atom is 0.240 e. The second kappa shape index (κ2) is 9.42. The number of nitrogens with one attached hydrogen (secondary N) is 1. The van der Waals surface area contributed by atoms with Gasteiger partial charge in [0.1, 0.15) is 6.04 Å². The first kappa shape index (κ1) is 18.4. The lowest BCUT2D eigenvalue weighted by Gasteiger charge is -2.18. The molecule has 1 aromatic rings. The van der Waals surface area contributed by atoms with Crippen LogP contribution >= 0.6 is 0 Å². The van der Waals surface area contributed by atoms with E-state index in [0.29, 0.717) is 25.8 Å². The zero-order valence-corrected chi connectivity index (χ0v) is 12.9. The van der Waals surface area contributed by atoms with Gasteiger partial charge in [0.05, 0.1) is 6.04 Å². The highest BCUT2D eigenvalue weighted by Crippen LogP contribution is 2.04. The molecule has 0 fully saturated rings. The fourth-order valence-electron chi connectivity index (χ4n) is 2.00. The summed E-state index contributed by atoms with van der Waals surface area (Å²) in [7, 11) is 0. The van der Waals surface area contributed by atoms with Crippen molar-refractivity contribution in [2.24, 2.45) is 27.9 Å². The van der Waals surface area contributed by atoms with Gasteiger partial charge in [0.15, 0.2) is 5.96 Å². The van der Waals surface area contributed by atoms with E-state index >= 15 is 0 Å². The summed E-state index contributed by atoms with van der Waals surface area (Å²) in [4.78, 5) is 27.4. The average molecular weight is 320 g/mol. The fraction of sp³-hybridized carbons (Fsp3) is 0.400. The topological polar surface area (TPSA) is 163 Å². The van der Waals surface area contributed by atoms with E-state index in [9.17, 15) is 9.59 Å². The number of hydrogen-bond donors (Lipinski definition) is 5. The molecule has 1 rings (SSSR count). The lowest BCUT2D eigenvalue weighted by Crippen LogP contribution is -2.51. The summed E-state index contributed by atoms with van der Waals surface area (Å²) in [6.07, 6.45) is 1.29. The van der Waals surface area contributed by atoms with Crippen molar-refractivity contribution in [3.63, 3.8) is 0 Å². The van der Waals surface area contributed by atoms with Gasteiger partial charge >= 0.3 is 0 Å². The molecule has 23 heavy (non-hydrogen) atoms. The third-order valence-corrected chi connectivity index (χ3v) is 3.25. The summed E-state index contributed by atoms with van der Waals surface area (Å²) in [6.45, 7) is 0.395. The van der Waals surface area contributed by atoms with Gasteiger partial charge in [-0.25, -0.2) is 0 Å². The first-order valence-electron chi connectivity index (χ1n) is 7.34. The Kier molecular flexibility index (Phi) is 7.55. The summed E-state index contributed by atoms with van der Waals surface area (Å²) in [6, 6.07) is 7.74. The van der Waals surface area contributed by atoms with Crippen molar-refractivity contribution in [2.45, 2.75) is 31.3 Å². The third-order valence-electron chi connectivity index (χ3n) is 3.25. The maximum absolute atomic E-state index is 12.0. The molecule has 0 saturated carbocycles. The number of rotatable bonds is 9. The molecule has 0 saturated heterocycles. The standard InChI is InChI=1S/C15H24N6O2/c16-11(7-4-8-20-15(18)19)14(23)21-12(13(17)22)9-10-5-2-1-3-6-10/h1-3,5-6,11-12H,4,7-9,16H2,(H2,17,22)(H,21,23)(H4,18,19,20)/t11-,12+/m1/s1. The van der Waals surface area contributed by atoms with E-state index in [1.807, 2.05) is 30.3 Å². The molecule has 0 spiro atoms. The maximum atomic E-state index is 12.0. The molecule has 0 aromatic heterocycles. The highest BCUT2D eigenvalue weighted by atomic mass is 16.2. The van der Waals surface area contributed by atoms with Gasteiger partial charge in [-0.05, 0) is 18.4 Å². The summed E-state index contributed by atoms with van der Waals surface area (Å²) < 4.78 is 0. The predicted molar refractivity (Wildman–Crippen MR) is 89.2 cm³/mol. The van der Waals surface area contributed by atoms with Crippen molar-refractivity contribution in [1.29, 1.82) is 0 Å². The van der Waals surface area contributed by atoms with Crippen molar-refractivity contribution in [3.05, 3.63) is 35.9 Å². The molecule has 0 heterocycles. The Morgan fingerprint density at radius 1 is 1.13 bits per heavy atom. The molecule has 0 aliphatic heterocycles. The molecule has 0 aliphatic rings. The number of guanidine groups is 1. The van der Waals surface area contributed by atoms with Crippen molar-refractivity contribution in [1.82, 2.24) is 5.32 Å². The number of nitrogens with zero attached hydrogens (tertiary/aromatic N) is 1. The van der Waals surface area contributed by atoms with Crippen LogP contribution in [0.1, 0.15) is 18.4 Å². The number of carbonyl (C=O) groups excluding carboxylic acids is 2. The van der Waals surface area contributed by atoms with Crippen LogP contribution in [-0.2, 0) is 16.0 Å². The van der Waals surface area contributed by atoms with Crippen molar-refractivity contribution in [3.8, 4) is 0 Å². The lowest BCUT2D eigenvalue weighted by atomic mass is 10.0. The van der Waals surface area contributed by atoms with E-state index in [-0.39, 0.29) is 5.96 Å². The van der Waals surface area contributed by atoms with Gasteiger partial charge in [0.2, 0.25) is 11.8 Å². The van der Waals surface area contributed by atoms with Crippen LogP contribution < -0.4 is 28.3 Å². The summed E-state index contributed by atoms with van der Waals surface area (Å²) in [5.41, 5.74) is 22.5. The molecule has 0 bridgehead atoms. The van der Waals surface area contributed by atoms with Crippen LogP contribution in [0.3, 0.4) is 0 Å². The normalized spacial score (nSPS) is 12.9. The molecule has 9 N–H and O–H groups in total. The van der Waals surface area contributed by atoms with E-state index in [1.165, 1.54) is 0 Å². The van der Waals surface area contributed by atoms with Gasteiger partial charge in [0, 0.05) is 13.0 Å². The number of primary amides is 1. The molecule has 0 radical (unpaired) electrons. The number of benzene rings is 1. The van der Waals surface area contributed by atoms with Crippen LogP contribution in [0.15, 0.2) is 35.3 Å². The quantitative estimate of drug-likeness (QED) is 0.214.